The molecule has 2 atom stereocenters. The Morgan fingerprint density at radius 2 is 2.11 bits per heavy atom. The predicted octanol–water partition coefficient (Wildman–Crippen LogP) is 1.32. The fourth-order valence-corrected chi connectivity index (χ4v) is 2.06. The summed E-state index contributed by atoms with van der Waals surface area (Å²) in [6.45, 7) is 1.70. The van der Waals surface area contributed by atoms with Crippen molar-refractivity contribution in [1.82, 2.24) is 10.6 Å². The molecule has 0 bridgehead atoms. The van der Waals surface area contributed by atoms with Gasteiger partial charge in [0.15, 0.2) is 0 Å². The van der Waals surface area contributed by atoms with Crippen molar-refractivity contribution in [3.05, 3.63) is 35.9 Å². The van der Waals surface area contributed by atoms with E-state index in [1.54, 1.807) is 7.11 Å². The number of halogens is 1. The van der Waals surface area contributed by atoms with Gasteiger partial charge in [-0.15, -0.1) is 12.4 Å². The van der Waals surface area contributed by atoms with Gasteiger partial charge < -0.3 is 15.4 Å². The first-order chi connectivity index (χ1) is 8.81. The van der Waals surface area contributed by atoms with Crippen LogP contribution < -0.4 is 10.6 Å². The molecule has 2 N–H and O–H groups in total. The van der Waals surface area contributed by atoms with Crippen LogP contribution in [0.2, 0.25) is 0 Å². The minimum Gasteiger partial charge on any atom is -0.383 e. The van der Waals surface area contributed by atoms with E-state index in [0.29, 0.717) is 31.7 Å². The van der Waals surface area contributed by atoms with Gasteiger partial charge in [0.05, 0.1) is 13.2 Å². The lowest BCUT2D eigenvalue weighted by Crippen LogP contribution is -2.36. The largest absolute Gasteiger partial charge is 0.383 e. The van der Waals surface area contributed by atoms with Crippen molar-refractivity contribution in [3.8, 4) is 0 Å². The number of benzene rings is 1. The van der Waals surface area contributed by atoms with Crippen molar-refractivity contribution >= 4 is 18.3 Å². The summed E-state index contributed by atoms with van der Waals surface area (Å²) >= 11 is 0. The summed E-state index contributed by atoms with van der Waals surface area (Å²) in [5.74, 6) is 0.559. The van der Waals surface area contributed by atoms with Gasteiger partial charge in [-0.05, 0) is 12.0 Å². The highest BCUT2D eigenvalue weighted by Gasteiger charge is 2.39. The van der Waals surface area contributed by atoms with E-state index in [1.165, 1.54) is 5.56 Å². The van der Waals surface area contributed by atoms with Crippen LogP contribution in [0, 0.1) is 0 Å². The molecule has 0 aliphatic heterocycles. The standard InChI is InChI=1S/C14H20N2O2.ClH/c1-18-8-7-15-10-14(17)16-13-9-12(13)11-5-3-2-4-6-11;/h2-6,12-13,15H,7-10H2,1H3,(H,16,17);1H. The molecule has 19 heavy (non-hydrogen) atoms. The van der Waals surface area contributed by atoms with Crippen LogP contribution in [0.25, 0.3) is 0 Å². The zero-order valence-corrected chi connectivity index (χ0v) is 11.9. The Kier molecular flexibility index (Phi) is 6.84. The molecule has 1 amide bonds. The first-order valence-corrected chi connectivity index (χ1v) is 6.35. The lowest BCUT2D eigenvalue weighted by molar-refractivity contribution is -0.120. The molecule has 2 rings (SSSR count). The number of hydrogen-bond donors (Lipinski definition) is 2. The second-order valence-electron chi connectivity index (χ2n) is 4.60. The molecule has 0 saturated heterocycles. The summed E-state index contributed by atoms with van der Waals surface area (Å²) in [5, 5.41) is 6.07. The number of nitrogens with one attached hydrogen (secondary N) is 2. The molecule has 1 saturated carbocycles. The number of amides is 1. The van der Waals surface area contributed by atoms with Gasteiger partial charge in [0, 0.05) is 25.6 Å². The van der Waals surface area contributed by atoms with E-state index < -0.39 is 0 Å². The van der Waals surface area contributed by atoms with Gasteiger partial charge in [-0.1, -0.05) is 30.3 Å². The van der Waals surface area contributed by atoms with Gasteiger partial charge >= 0.3 is 0 Å². The average Bonchev–Trinajstić information content (AvgIpc) is 3.15. The molecule has 0 radical (unpaired) electrons. The normalized spacial score (nSPS) is 20.5. The van der Waals surface area contributed by atoms with Crippen molar-refractivity contribution in [2.24, 2.45) is 0 Å². The maximum Gasteiger partial charge on any atom is 0.234 e. The second-order valence-corrected chi connectivity index (χ2v) is 4.60. The van der Waals surface area contributed by atoms with Crippen LogP contribution in [-0.4, -0.2) is 38.8 Å². The first-order valence-electron chi connectivity index (χ1n) is 6.35. The number of rotatable bonds is 7. The fraction of sp³-hybridized carbons (Fsp3) is 0.500. The summed E-state index contributed by atoms with van der Waals surface area (Å²) in [6.07, 6.45) is 1.05. The van der Waals surface area contributed by atoms with E-state index in [-0.39, 0.29) is 18.3 Å². The zero-order valence-electron chi connectivity index (χ0n) is 11.1. The van der Waals surface area contributed by atoms with Crippen LogP contribution in [0.4, 0.5) is 0 Å². The topological polar surface area (TPSA) is 50.4 Å². The van der Waals surface area contributed by atoms with Crippen LogP contribution in [0.5, 0.6) is 0 Å². The van der Waals surface area contributed by atoms with Crippen LogP contribution in [0.1, 0.15) is 17.9 Å². The van der Waals surface area contributed by atoms with E-state index in [1.807, 2.05) is 18.2 Å². The zero-order chi connectivity index (χ0) is 12.8. The van der Waals surface area contributed by atoms with E-state index in [4.69, 9.17) is 4.74 Å². The predicted molar refractivity (Wildman–Crippen MR) is 77.7 cm³/mol. The van der Waals surface area contributed by atoms with E-state index >= 15 is 0 Å². The van der Waals surface area contributed by atoms with Gasteiger partial charge in [0.1, 0.15) is 0 Å². The monoisotopic (exact) mass is 284 g/mol. The molecule has 1 aliphatic carbocycles. The Balaban J connectivity index is 0.00000180. The number of ether oxygens (including phenoxy) is 1. The second kappa shape index (κ2) is 8.15. The molecular formula is C14H21ClN2O2. The third-order valence-corrected chi connectivity index (χ3v) is 3.13. The quantitative estimate of drug-likeness (QED) is 0.743. The van der Waals surface area contributed by atoms with Crippen LogP contribution >= 0.6 is 12.4 Å². The Labute approximate surface area is 120 Å². The average molecular weight is 285 g/mol. The van der Waals surface area contributed by atoms with Crippen molar-refractivity contribution in [2.45, 2.75) is 18.4 Å². The lowest BCUT2D eigenvalue weighted by Gasteiger charge is -2.06. The number of methoxy groups -OCH3 is 1. The first kappa shape index (κ1) is 16.0. The minimum absolute atomic E-state index is 0. The van der Waals surface area contributed by atoms with Crippen LogP contribution in [0.3, 0.4) is 0 Å². The Morgan fingerprint density at radius 3 is 2.79 bits per heavy atom. The number of carbonyl (C=O) groups is 1. The molecular weight excluding hydrogens is 264 g/mol. The van der Waals surface area contributed by atoms with E-state index in [9.17, 15) is 4.79 Å². The summed E-state index contributed by atoms with van der Waals surface area (Å²) in [4.78, 5) is 11.6. The highest BCUT2D eigenvalue weighted by molar-refractivity contribution is 5.85. The molecule has 0 spiro atoms. The highest BCUT2D eigenvalue weighted by atomic mass is 35.5. The summed E-state index contributed by atoms with van der Waals surface area (Å²) in [7, 11) is 1.65. The Bertz CT molecular complexity index is 386. The van der Waals surface area contributed by atoms with Gasteiger partial charge in [-0.3, -0.25) is 4.79 Å². The highest BCUT2D eigenvalue weighted by Crippen LogP contribution is 2.40. The van der Waals surface area contributed by atoms with Crippen molar-refractivity contribution < 1.29 is 9.53 Å². The fourth-order valence-electron chi connectivity index (χ4n) is 2.06. The molecule has 2 unspecified atom stereocenters. The Morgan fingerprint density at radius 1 is 1.37 bits per heavy atom. The lowest BCUT2D eigenvalue weighted by atomic mass is 10.1. The molecule has 106 valence electrons. The van der Waals surface area contributed by atoms with Crippen molar-refractivity contribution in [1.29, 1.82) is 0 Å². The molecule has 4 nitrogen and oxygen atoms in total. The van der Waals surface area contributed by atoms with E-state index in [0.717, 1.165) is 6.42 Å². The maximum atomic E-state index is 11.6. The minimum atomic E-state index is 0. The SMILES string of the molecule is COCCNCC(=O)NC1CC1c1ccccc1.Cl. The molecule has 1 aromatic rings. The number of hydrogen-bond acceptors (Lipinski definition) is 3. The maximum absolute atomic E-state index is 11.6. The summed E-state index contributed by atoms with van der Waals surface area (Å²) < 4.78 is 4.90. The molecule has 0 aromatic heterocycles. The van der Waals surface area contributed by atoms with E-state index in [2.05, 4.69) is 22.8 Å². The van der Waals surface area contributed by atoms with Gasteiger partial charge in [0.25, 0.3) is 0 Å². The molecule has 0 heterocycles. The molecule has 1 aromatic carbocycles. The third kappa shape index (κ3) is 5.19. The van der Waals surface area contributed by atoms with Crippen LogP contribution in [-0.2, 0) is 9.53 Å². The van der Waals surface area contributed by atoms with Gasteiger partial charge in [-0.25, -0.2) is 0 Å². The van der Waals surface area contributed by atoms with Crippen LogP contribution in [0.15, 0.2) is 30.3 Å². The van der Waals surface area contributed by atoms with Crippen molar-refractivity contribution in [2.75, 3.05) is 26.8 Å². The summed E-state index contributed by atoms with van der Waals surface area (Å²) in [5.41, 5.74) is 1.31. The molecule has 5 heteroatoms. The summed E-state index contributed by atoms with van der Waals surface area (Å²) in [6, 6.07) is 10.6. The smallest absolute Gasteiger partial charge is 0.234 e. The van der Waals surface area contributed by atoms with Crippen molar-refractivity contribution in [3.63, 3.8) is 0 Å². The molecule has 1 fully saturated rings. The van der Waals surface area contributed by atoms with Gasteiger partial charge in [-0.2, -0.15) is 0 Å². The third-order valence-electron chi connectivity index (χ3n) is 3.13. The Hall–Kier alpha value is -1.10. The number of carbonyl (C=O) groups excluding carboxylic acids is 1. The molecule has 1 aliphatic rings. The van der Waals surface area contributed by atoms with Gasteiger partial charge in [0.2, 0.25) is 5.91 Å².